The van der Waals surface area contributed by atoms with Crippen molar-refractivity contribution >= 4 is 12.0 Å². The normalized spacial score (nSPS) is 30.4. The standard InChI is InChI=1S/C17H29N3O5/c1-2-20(10-15(21)22)13-7-12(8-13)19-16(23)18-9-14-11-24-17(25-14)5-3-4-6-17/h12-14H,2-11H2,1H3,(H,21,22)(H2,18,19,23). The van der Waals surface area contributed by atoms with Crippen molar-refractivity contribution in [2.75, 3.05) is 26.2 Å². The zero-order valence-corrected chi connectivity index (χ0v) is 14.8. The minimum absolute atomic E-state index is 0.0564. The lowest BCUT2D eigenvalue weighted by molar-refractivity contribution is -0.160. The molecule has 1 heterocycles. The van der Waals surface area contributed by atoms with E-state index < -0.39 is 11.8 Å². The highest BCUT2D eigenvalue weighted by Crippen LogP contribution is 2.38. The highest BCUT2D eigenvalue weighted by molar-refractivity contribution is 5.74. The van der Waals surface area contributed by atoms with Crippen LogP contribution in [-0.2, 0) is 14.3 Å². The van der Waals surface area contributed by atoms with E-state index in [0.717, 1.165) is 38.5 Å². The Morgan fingerprint density at radius 1 is 1.28 bits per heavy atom. The highest BCUT2D eigenvalue weighted by Gasteiger charge is 2.43. The molecule has 0 radical (unpaired) electrons. The Morgan fingerprint density at radius 2 is 2.00 bits per heavy atom. The number of likely N-dealkylation sites (N-methyl/N-ethyl adjacent to an activating group) is 1. The van der Waals surface area contributed by atoms with Crippen LogP contribution in [0.5, 0.6) is 0 Å². The average molecular weight is 355 g/mol. The van der Waals surface area contributed by atoms with Crippen molar-refractivity contribution in [3.8, 4) is 0 Å². The summed E-state index contributed by atoms with van der Waals surface area (Å²) in [5.41, 5.74) is 0. The van der Waals surface area contributed by atoms with Crippen molar-refractivity contribution in [2.24, 2.45) is 0 Å². The van der Waals surface area contributed by atoms with Gasteiger partial charge >= 0.3 is 12.0 Å². The minimum atomic E-state index is -0.810. The van der Waals surface area contributed by atoms with Crippen LogP contribution in [0.2, 0.25) is 0 Å². The Kier molecular flexibility index (Phi) is 5.81. The number of amides is 2. The molecule has 1 saturated heterocycles. The number of carboxylic acid groups (broad SMARTS) is 1. The molecule has 3 N–H and O–H groups in total. The summed E-state index contributed by atoms with van der Waals surface area (Å²) in [6.07, 6.45) is 5.68. The summed E-state index contributed by atoms with van der Waals surface area (Å²) >= 11 is 0. The van der Waals surface area contributed by atoms with Crippen LogP contribution in [-0.4, -0.2) is 72.2 Å². The summed E-state index contributed by atoms with van der Waals surface area (Å²) in [4.78, 5) is 24.8. The van der Waals surface area contributed by atoms with Crippen LogP contribution in [0.15, 0.2) is 0 Å². The van der Waals surface area contributed by atoms with E-state index in [9.17, 15) is 9.59 Å². The predicted molar refractivity (Wildman–Crippen MR) is 90.3 cm³/mol. The van der Waals surface area contributed by atoms with Crippen LogP contribution >= 0.6 is 0 Å². The van der Waals surface area contributed by atoms with Gasteiger partial charge in [0.1, 0.15) is 6.10 Å². The lowest BCUT2D eigenvalue weighted by Crippen LogP contribution is -2.56. The maximum atomic E-state index is 12.0. The number of aliphatic carboxylic acids is 1. The Morgan fingerprint density at radius 3 is 2.64 bits per heavy atom. The molecule has 1 spiro atoms. The summed E-state index contributed by atoms with van der Waals surface area (Å²) in [5.74, 6) is -1.20. The van der Waals surface area contributed by atoms with E-state index in [1.807, 2.05) is 11.8 Å². The summed E-state index contributed by atoms with van der Waals surface area (Å²) in [5, 5.41) is 14.7. The van der Waals surface area contributed by atoms with Crippen LogP contribution in [0, 0.1) is 0 Å². The van der Waals surface area contributed by atoms with Crippen LogP contribution < -0.4 is 10.6 Å². The number of hydrogen-bond donors (Lipinski definition) is 3. The lowest BCUT2D eigenvalue weighted by atomic mass is 9.85. The molecule has 2 amide bonds. The average Bonchev–Trinajstić information content (AvgIpc) is 3.16. The Bertz CT molecular complexity index is 489. The second-order valence-electron chi connectivity index (χ2n) is 7.30. The number of rotatable bonds is 7. The zero-order chi connectivity index (χ0) is 17.9. The van der Waals surface area contributed by atoms with Gasteiger partial charge in [0.25, 0.3) is 0 Å². The van der Waals surface area contributed by atoms with Gasteiger partial charge in [-0.15, -0.1) is 0 Å². The molecular formula is C17H29N3O5. The molecule has 2 aliphatic carbocycles. The monoisotopic (exact) mass is 355 g/mol. The Labute approximate surface area is 148 Å². The number of nitrogens with one attached hydrogen (secondary N) is 2. The quantitative estimate of drug-likeness (QED) is 0.628. The molecule has 1 aliphatic heterocycles. The highest BCUT2D eigenvalue weighted by atomic mass is 16.7. The molecular weight excluding hydrogens is 326 g/mol. The first-order valence-electron chi connectivity index (χ1n) is 9.31. The first-order chi connectivity index (χ1) is 12.0. The fourth-order valence-corrected chi connectivity index (χ4v) is 4.01. The van der Waals surface area contributed by atoms with Gasteiger partial charge < -0.3 is 25.2 Å². The molecule has 3 fully saturated rings. The van der Waals surface area contributed by atoms with Gasteiger partial charge in [0.05, 0.1) is 13.2 Å². The third-order valence-electron chi connectivity index (χ3n) is 5.48. The van der Waals surface area contributed by atoms with Crippen LogP contribution in [0.3, 0.4) is 0 Å². The molecule has 0 aromatic heterocycles. The third-order valence-corrected chi connectivity index (χ3v) is 5.48. The van der Waals surface area contributed by atoms with Crippen molar-refractivity contribution in [1.29, 1.82) is 0 Å². The number of carboxylic acids is 1. The van der Waals surface area contributed by atoms with E-state index in [-0.39, 0.29) is 30.8 Å². The Balaban J connectivity index is 1.31. The topological polar surface area (TPSA) is 100 Å². The SMILES string of the molecule is CCN(CC(=O)O)C1CC(NC(=O)NCC2COC3(CCCC3)O2)C1. The van der Waals surface area contributed by atoms with Crippen molar-refractivity contribution in [2.45, 2.75) is 69.4 Å². The molecule has 0 bridgehead atoms. The van der Waals surface area contributed by atoms with E-state index in [4.69, 9.17) is 14.6 Å². The predicted octanol–water partition coefficient (Wildman–Crippen LogP) is 0.909. The zero-order valence-electron chi connectivity index (χ0n) is 14.8. The Hall–Kier alpha value is -1.38. The first-order valence-corrected chi connectivity index (χ1v) is 9.31. The van der Waals surface area contributed by atoms with E-state index in [1.165, 1.54) is 0 Å². The number of carbonyl (C=O) groups excluding carboxylic acids is 1. The smallest absolute Gasteiger partial charge is 0.317 e. The number of hydrogen-bond acceptors (Lipinski definition) is 5. The third kappa shape index (κ3) is 4.62. The summed E-state index contributed by atoms with van der Waals surface area (Å²) < 4.78 is 11.8. The maximum Gasteiger partial charge on any atom is 0.317 e. The second kappa shape index (κ2) is 7.88. The van der Waals surface area contributed by atoms with Gasteiger partial charge in [0, 0.05) is 31.5 Å². The maximum absolute atomic E-state index is 12.0. The lowest BCUT2D eigenvalue weighted by Gasteiger charge is -2.42. The summed E-state index contributed by atoms with van der Waals surface area (Å²) in [7, 11) is 0. The van der Waals surface area contributed by atoms with Crippen LogP contribution in [0.25, 0.3) is 0 Å². The fourth-order valence-electron chi connectivity index (χ4n) is 4.01. The molecule has 0 aromatic rings. The number of ether oxygens (including phenoxy) is 2. The molecule has 25 heavy (non-hydrogen) atoms. The molecule has 8 heteroatoms. The number of carbonyl (C=O) groups is 2. The summed E-state index contributed by atoms with van der Waals surface area (Å²) in [6, 6.07) is 0.149. The van der Waals surface area contributed by atoms with Crippen molar-refractivity contribution in [1.82, 2.24) is 15.5 Å². The van der Waals surface area contributed by atoms with Crippen LogP contribution in [0.1, 0.15) is 45.4 Å². The van der Waals surface area contributed by atoms with Crippen molar-refractivity contribution in [3.63, 3.8) is 0 Å². The van der Waals surface area contributed by atoms with Gasteiger partial charge in [-0.3, -0.25) is 9.69 Å². The van der Waals surface area contributed by atoms with E-state index >= 15 is 0 Å². The fraction of sp³-hybridized carbons (Fsp3) is 0.882. The first kappa shape index (κ1) is 18.4. The van der Waals surface area contributed by atoms with E-state index in [2.05, 4.69) is 10.6 Å². The largest absolute Gasteiger partial charge is 0.480 e. The van der Waals surface area contributed by atoms with Gasteiger partial charge in [0.15, 0.2) is 5.79 Å². The van der Waals surface area contributed by atoms with Crippen molar-refractivity contribution in [3.05, 3.63) is 0 Å². The van der Waals surface area contributed by atoms with Gasteiger partial charge in [-0.1, -0.05) is 6.92 Å². The van der Waals surface area contributed by atoms with Gasteiger partial charge in [0.2, 0.25) is 0 Å². The van der Waals surface area contributed by atoms with Gasteiger partial charge in [-0.05, 0) is 32.2 Å². The second-order valence-corrected chi connectivity index (χ2v) is 7.30. The summed E-state index contributed by atoms with van der Waals surface area (Å²) in [6.45, 7) is 3.70. The molecule has 3 rings (SSSR count). The molecule has 2 saturated carbocycles. The number of nitrogens with zero attached hydrogens (tertiary/aromatic N) is 1. The van der Waals surface area contributed by atoms with Gasteiger partial charge in [-0.2, -0.15) is 0 Å². The minimum Gasteiger partial charge on any atom is -0.480 e. The van der Waals surface area contributed by atoms with E-state index in [1.54, 1.807) is 0 Å². The molecule has 1 atom stereocenters. The van der Waals surface area contributed by atoms with Crippen LogP contribution in [0.4, 0.5) is 4.79 Å². The molecule has 0 aromatic carbocycles. The molecule has 1 unspecified atom stereocenters. The molecule has 142 valence electrons. The van der Waals surface area contributed by atoms with E-state index in [0.29, 0.717) is 19.7 Å². The van der Waals surface area contributed by atoms with Gasteiger partial charge in [-0.25, -0.2) is 4.79 Å². The van der Waals surface area contributed by atoms with Crippen molar-refractivity contribution < 1.29 is 24.2 Å². The molecule has 8 nitrogen and oxygen atoms in total. The number of urea groups is 1. The molecule has 3 aliphatic rings.